The van der Waals surface area contributed by atoms with E-state index < -0.39 is 5.60 Å². The first-order valence-electron chi connectivity index (χ1n) is 10.1. The van der Waals surface area contributed by atoms with Crippen LogP contribution in [0.1, 0.15) is 45.1 Å². The fourth-order valence-corrected chi connectivity index (χ4v) is 4.15. The van der Waals surface area contributed by atoms with E-state index in [0.29, 0.717) is 18.5 Å². The number of benzene rings is 1. The molecule has 0 unspecified atom stereocenters. The third-order valence-corrected chi connectivity index (χ3v) is 5.90. The number of anilines is 2. The van der Waals surface area contributed by atoms with Gasteiger partial charge in [0.15, 0.2) is 11.6 Å². The molecule has 0 saturated heterocycles. The van der Waals surface area contributed by atoms with E-state index in [-0.39, 0.29) is 11.9 Å². The monoisotopic (exact) mass is 396 g/mol. The summed E-state index contributed by atoms with van der Waals surface area (Å²) in [5, 5.41) is 13.0. The first-order chi connectivity index (χ1) is 13.8. The highest BCUT2D eigenvalue weighted by atomic mass is 16.5. The standard InChI is InChI=1S/C22H28N4O3/c1-22(2,28)15-6-4-14(5-7-15)18-12-23-20-21(24-18)26(13-19(27)25-20)16-8-10-17(29-3)11-9-16/h4-7,12,16-17,28H,8-11,13H2,1-3H3,(H,23,25,27)/t16-,17+. The second-order valence-corrected chi connectivity index (χ2v) is 8.41. The molecule has 1 aliphatic heterocycles. The van der Waals surface area contributed by atoms with E-state index in [0.717, 1.165) is 48.3 Å². The van der Waals surface area contributed by atoms with Crippen LogP contribution in [0.3, 0.4) is 0 Å². The zero-order valence-electron chi connectivity index (χ0n) is 17.2. The van der Waals surface area contributed by atoms with Gasteiger partial charge < -0.3 is 20.1 Å². The molecular formula is C22H28N4O3. The summed E-state index contributed by atoms with van der Waals surface area (Å²) in [4.78, 5) is 23.7. The Morgan fingerprint density at radius 2 is 1.86 bits per heavy atom. The Kier molecular flexibility index (Phi) is 5.27. The summed E-state index contributed by atoms with van der Waals surface area (Å²) in [6.07, 6.45) is 5.90. The molecule has 0 bridgehead atoms. The van der Waals surface area contributed by atoms with Crippen LogP contribution in [0.15, 0.2) is 30.5 Å². The van der Waals surface area contributed by atoms with E-state index in [2.05, 4.69) is 15.2 Å². The van der Waals surface area contributed by atoms with Gasteiger partial charge in [-0.25, -0.2) is 9.97 Å². The summed E-state index contributed by atoms with van der Waals surface area (Å²) < 4.78 is 5.48. The molecule has 1 aromatic carbocycles. The van der Waals surface area contributed by atoms with Crippen LogP contribution in [-0.2, 0) is 15.1 Å². The van der Waals surface area contributed by atoms with Crippen molar-refractivity contribution in [3.05, 3.63) is 36.0 Å². The number of methoxy groups -OCH3 is 1. The first kappa shape index (κ1) is 19.8. The molecule has 1 aromatic heterocycles. The van der Waals surface area contributed by atoms with Crippen LogP contribution in [0, 0.1) is 0 Å². The highest BCUT2D eigenvalue weighted by Crippen LogP contribution is 2.34. The van der Waals surface area contributed by atoms with E-state index in [9.17, 15) is 9.90 Å². The number of ether oxygens (including phenoxy) is 1. The fraction of sp³-hybridized carbons (Fsp3) is 0.500. The summed E-state index contributed by atoms with van der Waals surface area (Å²) in [7, 11) is 1.76. The Labute approximate surface area is 171 Å². The van der Waals surface area contributed by atoms with Crippen molar-refractivity contribution in [3.63, 3.8) is 0 Å². The second kappa shape index (κ2) is 7.72. The number of aliphatic hydroxyl groups is 1. The number of fused-ring (bicyclic) bond motifs is 1. The molecule has 0 spiro atoms. The number of carbonyl (C=O) groups excluding carboxylic acids is 1. The second-order valence-electron chi connectivity index (χ2n) is 8.41. The molecule has 1 saturated carbocycles. The van der Waals surface area contributed by atoms with Crippen molar-refractivity contribution in [3.8, 4) is 11.3 Å². The summed E-state index contributed by atoms with van der Waals surface area (Å²) in [5.41, 5.74) is 1.63. The highest BCUT2D eigenvalue weighted by molar-refractivity contribution is 5.99. The molecule has 2 heterocycles. The van der Waals surface area contributed by atoms with E-state index in [4.69, 9.17) is 9.72 Å². The van der Waals surface area contributed by atoms with Crippen molar-refractivity contribution in [1.82, 2.24) is 9.97 Å². The van der Waals surface area contributed by atoms with Crippen LogP contribution in [0.5, 0.6) is 0 Å². The van der Waals surface area contributed by atoms with Crippen LogP contribution in [0.25, 0.3) is 11.3 Å². The fourth-order valence-electron chi connectivity index (χ4n) is 4.15. The number of hydrogen-bond donors (Lipinski definition) is 2. The number of rotatable bonds is 4. The lowest BCUT2D eigenvalue weighted by Crippen LogP contribution is -2.47. The van der Waals surface area contributed by atoms with Gasteiger partial charge in [0, 0.05) is 18.7 Å². The Bertz CT molecular complexity index is 884. The molecule has 154 valence electrons. The lowest BCUT2D eigenvalue weighted by Gasteiger charge is -2.39. The average Bonchev–Trinajstić information content (AvgIpc) is 2.72. The molecule has 7 nitrogen and oxygen atoms in total. The summed E-state index contributed by atoms with van der Waals surface area (Å²) in [6.45, 7) is 3.82. The Balaban J connectivity index is 1.63. The Morgan fingerprint density at radius 3 is 2.48 bits per heavy atom. The van der Waals surface area contributed by atoms with Crippen molar-refractivity contribution in [2.24, 2.45) is 0 Å². The molecule has 2 N–H and O–H groups in total. The maximum Gasteiger partial charge on any atom is 0.245 e. The van der Waals surface area contributed by atoms with Gasteiger partial charge in [0.05, 0.1) is 30.1 Å². The number of carbonyl (C=O) groups is 1. The lowest BCUT2D eigenvalue weighted by molar-refractivity contribution is -0.115. The minimum atomic E-state index is -0.887. The minimum Gasteiger partial charge on any atom is -0.386 e. The van der Waals surface area contributed by atoms with Gasteiger partial charge in [0.25, 0.3) is 0 Å². The van der Waals surface area contributed by atoms with Gasteiger partial charge in [-0.3, -0.25) is 4.79 Å². The van der Waals surface area contributed by atoms with E-state index >= 15 is 0 Å². The highest BCUT2D eigenvalue weighted by Gasteiger charge is 2.33. The topological polar surface area (TPSA) is 87.6 Å². The molecular weight excluding hydrogens is 368 g/mol. The molecule has 1 amide bonds. The zero-order valence-corrected chi connectivity index (χ0v) is 17.2. The van der Waals surface area contributed by atoms with Gasteiger partial charge in [0.1, 0.15) is 0 Å². The van der Waals surface area contributed by atoms with Crippen molar-refractivity contribution in [1.29, 1.82) is 0 Å². The molecule has 2 aromatic rings. The number of nitrogens with zero attached hydrogens (tertiary/aromatic N) is 3. The van der Waals surface area contributed by atoms with Crippen LogP contribution in [-0.4, -0.2) is 46.8 Å². The van der Waals surface area contributed by atoms with Crippen molar-refractivity contribution in [2.45, 2.75) is 57.3 Å². The molecule has 4 rings (SSSR count). The van der Waals surface area contributed by atoms with Crippen molar-refractivity contribution < 1.29 is 14.6 Å². The molecule has 0 radical (unpaired) electrons. The summed E-state index contributed by atoms with van der Waals surface area (Å²) >= 11 is 0. The molecule has 1 aliphatic carbocycles. The predicted octanol–water partition coefficient (Wildman–Crippen LogP) is 3.09. The Hall–Kier alpha value is -2.51. The molecule has 2 aliphatic rings. The maximum atomic E-state index is 12.2. The van der Waals surface area contributed by atoms with Crippen LogP contribution in [0.4, 0.5) is 11.6 Å². The predicted molar refractivity (Wildman–Crippen MR) is 112 cm³/mol. The maximum absolute atomic E-state index is 12.2. The molecule has 0 atom stereocenters. The summed E-state index contributed by atoms with van der Waals surface area (Å²) in [5.74, 6) is 1.20. The Morgan fingerprint density at radius 1 is 1.17 bits per heavy atom. The van der Waals surface area contributed by atoms with Crippen LogP contribution in [0.2, 0.25) is 0 Å². The molecule has 7 heteroatoms. The zero-order chi connectivity index (χ0) is 20.6. The number of hydrogen-bond acceptors (Lipinski definition) is 6. The van der Waals surface area contributed by atoms with Crippen molar-refractivity contribution >= 4 is 17.5 Å². The largest absolute Gasteiger partial charge is 0.386 e. The van der Waals surface area contributed by atoms with Gasteiger partial charge in [-0.2, -0.15) is 0 Å². The lowest BCUT2D eigenvalue weighted by atomic mass is 9.91. The van der Waals surface area contributed by atoms with E-state index in [1.54, 1.807) is 27.2 Å². The smallest absolute Gasteiger partial charge is 0.245 e. The number of aromatic nitrogens is 2. The van der Waals surface area contributed by atoms with Gasteiger partial charge in [-0.05, 0) is 45.1 Å². The van der Waals surface area contributed by atoms with Gasteiger partial charge >= 0.3 is 0 Å². The van der Waals surface area contributed by atoms with Gasteiger partial charge in [-0.15, -0.1) is 0 Å². The SMILES string of the molecule is CO[C@H]1CC[C@@H](N2CC(=O)Nc3ncc(-c4ccc(C(C)(C)O)cc4)nc32)CC1. The number of amides is 1. The minimum absolute atomic E-state index is 0.0528. The van der Waals surface area contributed by atoms with Crippen LogP contribution < -0.4 is 10.2 Å². The van der Waals surface area contributed by atoms with E-state index in [1.807, 2.05) is 24.3 Å². The normalized spacial score (nSPS) is 22.2. The quantitative estimate of drug-likeness (QED) is 0.826. The van der Waals surface area contributed by atoms with Crippen molar-refractivity contribution in [2.75, 3.05) is 23.9 Å². The van der Waals surface area contributed by atoms with Crippen LogP contribution >= 0.6 is 0 Å². The van der Waals surface area contributed by atoms with Gasteiger partial charge in [0.2, 0.25) is 5.91 Å². The molecule has 29 heavy (non-hydrogen) atoms. The molecule has 1 fully saturated rings. The summed E-state index contributed by atoms with van der Waals surface area (Å²) in [6, 6.07) is 7.95. The third kappa shape index (κ3) is 4.11. The van der Waals surface area contributed by atoms with E-state index in [1.165, 1.54) is 0 Å². The van der Waals surface area contributed by atoms with Gasteiger partial charge in [-0.1, -0.05) is 24.3 Å². The third-order valence-electron chi connectivity index (χ3n) is 5.90. The number of nitrogens with one attached hydrogen (secondary N) is 1. The first-order valence-corrected chi connectivity index (χ1v) is 10.1. The average molecular weight is 396 g/mol.